The molecule has 0 aromatic carbocycles. The molecule has 3 heteroatoms. The molecule has 1 atom stereocenters. The molecule has 0 radical (unpaired) electrons. The average molecular weight is 151 g/mol. The Kier molecular flexibility index (Phi) is 2.19. The highest BCUT2D eigenvalue weighted by atomic mass is 14.9. The SMILES string of the molecule is Cc1ncc(C(C)N)c(C)n1. The highest BCUT2D eigenvalue weighted by molar-refractivity contribution is 5.18. The van der Waals surface area contributed by atoms with Crippen molar-refractivity contribution >= 4 is 0 Å². The summed E-state index contributed by atoms with van der Waals surface area (Å²) in [4.78, 5) is 8.27. The largest absolute Gasteiger partial charge is 0.324 e. The van der Waals surface area contributed by atoms with Gasteiger partial charge in [0, 0.05) is 23.5 Å². The molecular weight excluding hydrogens is 138 g/mol. The zero-order valence-corrected chi connectivity index (χ0v) is 7.13. The Bertz CT molecular complexity index is 256. The first kappa shape index (κ1) is 8.14. The summed E-state index contributed by atoms with van der Waals surface area (Å²) >= 11 is 0. The lowest BCUT2D eigenvalue weighted by molar-refractivity contribution is 0.782. The van der Waals surface area contributed by atoms with Crippen LogP contribution in [0.4, 0.5) is 0 Å². The lowest BCUT2D eigenvalue weighted by atomic mass is 10.1. The lowest BCUT2D eigenvalue weighted by Gasteiger charge is -2.07. The average Bonchev–Trinajstić information content (AvgIpc) is 1.85. The first-order valence-corrected chi connectivity index (χ1v) is 3.67. The molecule has 0 saturated carbocycles. The molecule has 0 aliphatic carbocycles. The van der Waals surface area contributed by atoms with Crippen molar-refractivity contribution in [1.29, 1.82) is 0 Å². The maximum absolute atomic E-state index is 5.68. The van der Waals surface area contributed by atoms with Crippen LogP contribution in [0.2, 0.25) is 0 Å². The van der Waals surface area contributed by atoms with Gasteiger partial charge >= 0.3 is 0 Å². The summed E-state index contributed by atoms with van der Waals surface area (Å²) in [5.41, 5.74) is 7.69. The zero-order chi connectivity index (χ0) is 8.43. The fourth-order valence-electron chi connectivity index (χ4n) is 1.04. The number of aryl methyl sites for hydroxylation is 2. The first-order chi connectivity index (χ1) is 5.11. The normalized spacial score (nSPS) is 13.1. The van der Waals surface area contributed by atoms with E-state index in [2.05, 4.69) is 9.97 Å². The van der Waals surface area contributed by atoms with Gasteiger partial charge in [0.15, 0.2) is 0 Å². The third-order valence-corrected chi connectivity index (χ3v) is 1.63. The standard InChI is InChI=1S/C8H13N3/c1-5(9)8-4-10-7(3)11-6(8)2/h4-5H,9H2,1-3H3. The molecule has 1 rings (SSSR count). The van der Waals surface area contributed by atoms with Gasteiger partial charge in [0.1, 0.15) is 5.82 Å². The Morgan fingerprint density at radius 2 is 2.09 bits per heavy atom. The number of nitrogens with zero attached hydrogens (tertiary/aromatic N) is 2. The molecule has 3 nitrogen and oxygen atoms in total. The van der Waals surface area contributed by atoms with Crippen LogP contribution in [0.5, 0.6) is 0 Å². The van der Waals surface area contributed by atoms with Crippen LogP contribution >= 0.6 is 0 Å². The highest BCUT2D eigenvalue weighted by Crippen LogP contribution is 2.10. The van der Waals surface area contributed by atoms with Crippen molar-refractivity contribution in [2.45, 2.75) is 26.8 Å². The van der Waals surface area contributed by atoms with Crippen LogP contribution in [0.3, 0.4) is 0 Å². The van der Waals surface area contributed by atoms with E-state index in [0.717, 1.165) is 17.1 Å². The zero-order valence-electron chi connectivity index (χ0n) is 7.13. The van der Waals surface area contributed by atoms with Crippen molar-refractivity contribution in [3.8, 4) is 0 Å². The van der Waals surface area contributed by atoms with Crippen LogP contribution in [0, 0.1) is 13.8 Å². The molecule has 0 spiro atoms. The Hall–Kier alpha value is -0.960. The molecule has 0 fully saturated rings. The molecule has 60 valence electrons. The fraction of sp³-hybridized carbons (Fsp3) is 0.500. The summed E-state index contributed by atoms with van der Waals surface area (Å²) in [5, 5.41) is 0. The Morgan fingerprint density at radius 1 is 1.45 bits per heavy atom. The van der Waals surface area contributed by atoms with Crippen molar-refractivity contribution in [2.75, 3.05) is 0 Å². The van der Waals surface area contributed by atoms with E-state index >= 15 is 0 Å². The molecular formula is C8H13N3. The lowest BCUT2D eigenvalue weighted by Crippen LogP contribution is -2.09. The minimum atomic E-state index is 0.0237. The van der Waals surface area contributed by atoms with Crippen LogP contribution in [-0.2, 0) is 0 Å². The Morgan fingerprint density at radius 3 is 2.55 bits per heavy atom. The number of rotatable bonds is 1. The van der Waals surface area contributed by atoms with Gasteiger partial charge in [-0.2, -0.15) is 0 Å². The van der Waals surface area contributed by atoms with E-state index in [1.54, 1.807) is 6.20 Å². The van der Waals surface area contributed by atoms with Crippen molar-refractivity contribution in [3.05, 3.63) is 23.3 Å². The van der Waals surface area contributed by atoms with E-state index < -0.39 is 0 Å². The Labute approximate surface area is 66.7 Å². The summed E-state index contributed by atoms with van der Waals surface area (Å²) in [7, 11) is 0. The van der Waals surface area contributed by atoms with E-state index in [0.29, 0.717) is 0 Å². The van der Waals surface area contributed by atoms with E-state index in [4.69, 9.17) is 5.73 Å². The molecule has 0 amide bonds. The highest BCUT2D eigenvalue weighted by Gasteiger charge is 2.04. The van der Waals surface area contributed by atoms with Crippen LogP contribution in [0.25, 0.3) is 0 Å². The van der Waals surface area contributed by atoms with Gasteiger partial charge in [-0.15, -0.1) is 0 Å². The van der Waals surface area contributed by atoms with Gasteiger partial charge in [-0.25, -0.2) is 9.97 Å². The topological polar surface area (TPSA) is 51.8 Å². The molecule has 1 unspecified atom stereocenters. The second kappa shape index (κ2) is 2.96. The van der Waals surface area contributed by atoms with E-state index in [-0.39, 0.29) is 6.04 Å². The minimum Gasteiger partial charge on any atom is -0.324 e. The van der Waals surface area contributed by atoms with E-state index in [1.165, 1.54) is 0 Å². The van der Waals surface area contributed by atoms with Crippen molar-refractivity contribution in [2.24, 2.45) is 5.73 Å². The van der Waals surface area contributed by atoms with Gasteiger partial charge in [0.2, 0.25) is 0 Å². The Balaban J connectivity index is 3.09. The van der Waals surface area contributed by atoms with Crippen LogP contribution < -0.4 is 5.73 Å². The van der Waals surface area contributed by atoms with E-state index in [9.17, 15) is 0 Å². The van der Waals surface area contributed by atoms with Gasteiger partial charge < -0.3 is 5.73 Å². The van der Waals surface area contributed by atoms with E-state index in [1.807, 2.05) is 20.8 Å². The van der Waals surface area contributed by atoms with Crippen molar-refractivity contribution < 1.29 is 0 Å². The minimum absolute atomic E-state index is 0.0237. The van der Waals surface area contributed by atoms with Crippen LogP contribution in [0.1, 0.15) is 30.0 Å². The maximum atomic E-state index is 5.68. The predicted octanol–water partition coefficient (Wildman–Crippen LogP) is 1.11. The molecule has 11 heavy (non-hydrogen) atoms. The summed E-state index contributed by atoms with van der Waals surface area (Å²) in [6.45, 7) is 5.76. The van der Waals surface area contributed by atoms with Crippen molar-refractivity contribution in [1.82, 2.24) is 9.97 Å². The van der Waals surface area contributed by atoms with Gasteiger partial charge in [-0.05, 0) is 20.8 Å². The number of hydrogen-bond donors (Lipinski definition) is 1. The molecule has 1 aromatic heterocycles. The van der Waals surface area contributed by atoms with Crippen LogP contribution in [0.15, 0.2) is 6.20 Å². The van der Waals surface area contributed by atoms with Gasteiger partial charge in [0.25, 0.3) is 0 Å². The monoisotopic (exact) mass is 151 g/mol. The molecule has 1 aromatic rings. The number of nitrogens with two attached hydrogens (primary N) is 1. The molecule has 0 bridgehead atoms. The third-order valence-electron chi connectivity index (χ3n) is 1.63. The van der Waals surface area contributed by atoms with Crippen molar-refractivity contribution in [3.63, 3.8) is 0 Å². The summed E-state index contributed by atoms with van der Waals surface area (Å²) < 4.78 is 0. The molecule has 1 heterocycles. The summed E-state index contributed by atoms with van der Waals surface area (Å²) in [6.07, 6.45) is 1.79. The van der Waals surface area contributed by atoms with Gasteiger partial charge in [-0.1, -0.05) is 0 Å². The fourth-order valence-corrected chi connectivity index (χ4v) is 1.04. The molecule has 0 saturated heterocycles. The maximum Gasteiger partial charge on any atom is 0.125 e. The smallest absolute Gasteiger partial charge is 0.125 e. The molecule has 2 N–H and O–H groups in total. The molecule has 0 aliphatic heterocycles. The number of aromatic nitrogens is 2. The third kappa shape index (κ3) is 1.74. The first-order valence-electron chi connectivity index (χ1n) is 3.67. The van der Waals surface area contributed by atoms with Gasteiger partial charge in [0.05, 0.1) is 0 Å². The second-order valence-corrected chi connectivity index (χ2v) is 2.75. The predicted molar refractivity (Wildman–Crippen MR) is 44.1 cm³/mol. The second-order valence-electron chi connectivity index (χ2n) is 2.75. The van der Waals surface area contributed by atoms with Crippen LogP contribution in [-0.4, -0.2) is 9.97 Å². The molecule has 0 aliphatic rings. The van der Waals surface area contributed by atoms with Gasteiger partial charge in [-0.3, -0.25) is 0 Å². The quantitative estimate of drug-likeness (QED) is 0.654. The number of hydrogen-bond acceptors (Lipinski definition) is 3. The summed E-state index contributed by atoms with van der Waals surface area (Å²) in [6, 6.07) is 0.0237. The summed E-state index contributed by atoms with van der Waals surface area (Å²) in [5.74, 6) is 0.798.